The molecule has 0 bridgehead atoms. The summed E-state index contributed by atoms with van der Waals surface area (Å²) in [7, 11) is 1.36. The first kappa shape index (κ1) is 26.2. The van der Waals surface area contributed by atoms with Gasteiger partial charge in [-0.3, -0.25) is 4.79 Å². The third kappa shape index (κ3) is 7.53. The van der Waals surface area contributed by atoms with Gasteiger partial charge >= 0.3 is 5.97 Å². The fourth-order valence-corrected chi connectivity index (χ4v) is 4.68. The molecule has 0 aromatic heterocycles. The number of benzene rings is 3. The van der Waals surface area contributed by atoms with Crippen LogP contribution in [0.25, 0.3) is 18.2 Å². The van der Waals surface area contributed by atoms with Gasteiger partial charge in [-0.15, -0.1) is 0 Å². The highest BCUT2D eigenvalue weighted by Gasteiger charge is 2.27. The van der Waals surface area contributed by atoms with Crippen LogP contribution in [0.4, 0.5) is 5.69 Å². The minimum Gasteiger partial charge on any atom is -0.466 e. The Morgan fingerprint density at radius 3 is 2.14 bits per heavy atom. The number of carbonyl (C=O) groups excluding carboxylic acids is 2. The van der Waals surface area contributed by atoms with Crippen molar-refractivity contribution in [2.24, 2.45) is 5.92 Å². The highest BCUT2D eigenvalue weighted by molar-refractivity contribution is 5.95. The van der Waals surface area contributed by atoms with E-state index in [9.17, 15) is 9.59 Å². The average Bonchev–Trinajstić information content (AvgIpc) is 2.95. The Kier molecular flexibility index (Phi) is 9.09. The predicted octanol–water partition coefficient (Wildman–Crippen LogP) is 7.47. The lowest BCUT2D eigenvalue weighted by atomic mass is 9.88. The van der Waals surface area contributed by atoms with Crippen LogP contribution >= 0.6 is 0 Å². The van der Waals surface area contributed by atoms with Crippen LogP contribution in [0.15, 0.2) is 78.9 Å². The molecule has 3 aromatic carbocycles. The second-order valence-corrected chi connectivity index (χ2v) is 9.70. The summed E-state index contributed by atoms with van der Waals surface area (Å²) < 4.78 is 4.71. The van der Waals surface area contributed by atoms with Crippen molar-refractivity contribution in [3.05, 3.63) is 107 Å². The molecule has 190 valence electrons. The normalized spacial score (nSPS) is 14.2. The van der Waals surface area contributed by atoms with Crippen molar-refractivity contribution < 1.29 is 14.3 Å². The number of anilines is 1. The van der Waals surface area contributed by atoms with E-state index < -0.39 is 5.97 Å². The summed E-state index contributed by atoms with van der Waals surface area (Å²) in [5.41, 5.74) is 6.29. The van der Waals surface area contributed by atoms with Crippen LogP contribution in [-0.2, 0) is 20.9 Å². The Morgan fingerprint density at radius 2 is 1.49 bits per heavy atom. The topological polar surface area (TPSA) is 46.6 Å². The van der Waals surface area contributed by atoms with E-state index in [0.29, 0.717) is 6.54 Å². The van der Waals surface area contributed by atoms with Crippen molar-refractivity contribution >= 4 is 35.8 Å². The minimum absolute atomic E-state index is 0.0553. The van der Waals surface area contributed by atoms with Crippen LogP contribution in [0.1, 0.15) is 59.9 Å². The van der Waals surface area contributed by atoms with Gasteiger partial charge < -0.3 is 9.64 Å². The van der Waals surface area contributed by atoms with E-state index in [2.05, 4.69) is 67.6 Å². The van der Waals surface area contributed by atoms with E-state index in [1.165, 1.54) is 30.7 Å². The van der Waals surface area contributed by atoms with Crippen molar-refractivity contribution in [1.29, 1.82) is 0 Å². The molecule has 4 heteroatoms. The smallest absolute Gasteiger partial charge is 0.330 e. The number of aryl methyl sites for hydroxylation is 1. The van der Waals surface area contributed by atoms with Crippen LogP contribution in [0.2, 0.25) is 0 Å². The number of esters is 1. The van der Waals surface area contributed by atoms with Gasteiger partial charge in [0, 0.05) is 17.7 Å². The molecule has 0 aliphatic heterocycles. The molecule has 37 heavy (non-hydrogen) atoms. The lowest BCUT2D eigenvalue weighted by Crippen LogP contribution is -2.36. The Bertz CT molecular complexity index is 1250. The maximum absolute atomic E-state index is 13.7. The summed E-state index contributed by atoms with van der Waals surface area (Å²) >= 11 is 0. The number of ether oxygens (including phenoxy) is 1. The van der Waals surface area contributed by atoms with Crippen molar-refractivity contribution in [2.75, 3.05) is 12.0 Å². The largest absolute Gasteiger partial charge is 0.466 e. The summed E-state index contributed by atoms with van der Waals surface area (Å²) in [5.74, 6) is -0.172. The molecular weight excluding hydrogens is 458 g/mol. The molecule has 4 rings (SSSR count). The number of rotatable bonds is 8. The molecule has 0 atom stereocenters. The summed E-state index contributed by atoms with van der Waals surface area (Å²) in [6.07, 6.45) is 12.6. The van der Waals surface area contributed by atoms with Crippen molar-refractivity contribution in [3.8, 4) is 0 Å². The second-order valence-electron chi connectivity index (χ2n) is 9.70. The van der Waals surface area contributed by atoms with Crippen LogP contribution in [-0.4, -0.2) is 19.0 Å². The molecule has 4 nitrogen and oxygen atoms in total. The molecule has 0 heterocycles. The lowest BCUT2D eigenvalue weighted by molar-refractivity contribution is -0.134. The summed E-state index contributed by atoms with van der Waals surface area (Å²) in [6, 6.07) is 24.6. The SMILES string of the molecule is COC(=O)/C=C/c1cccc(N(Cc2ccc(/C=C/c3ccc(C)cc3)cc2)C(=O)C2CCCCC2)c1. The molecular formula is C33H35NO3. The van der Waals surface area contributed by atoms with E-state index in [1.54, 1.807) is 6.08 Å². The molecule has 0 unspecified atom stereocenters. The highest BCUT2D eigenvalue weighted by Crippen LogP contribution is 2.29. The third-order valence-corrected chi connectivity index (χ3v) is 6.88. The number of hydrogen-bond acceptors (Lipinski definition) is 3. The van der Waals surface area contributed by atoms with Crippen molar-refractivity contribution in [3.63, 3.8) is 0 Å². The van der Waals surface area contributed by atoms with E-state index in [0.717, 1.165) is 48.1 Å². The first-order chi connectivity index (χ1) is 18.0. The Hall–Kier alpha value is -3.92. The van der Waals surface area contributed by atoms with Crippen molar-refractivity contribution in [2.45, 2.75) is 45.6 Å². The van der Waals surface area contributed by atoms with Crippen LogP contribution < -0.4 is 4.90 Å². The fourth-order valence-electron chi connectivity index (χ4n) is 4.68. The molecule has 1 amide bonds. The molecule has 1 aliphatic carbocycles. The molecule has 0 N–H and O–H groups in total. The maximum atomic E-state index is 13.7. The van der Waals surface area contributed by atoms with Gasteiger partial charge in [0.25, 0.3) is 0 Å². The fraction of sp³-hybridized carbons (Fsp3) is 0.273. The van der Waals surface area contributed by atoms with E-state index in [1.807, 2.05) is 29.2 Å². The summed E-state index contributed by atoms with van der Waals surface area (Å²) in [4.78, 5) is 27.2. The zero-order chi connectivity index (χ0) is 26.0. The zero-order valence-electron chi connectivity index (χ0n) is 21.7. The average molecular weight is 494 g/mol. The molecule has 1 aliphatic rings. The first-order valence-electron chi connectivity index (χ1n) is 13.0. The van der Waals surface area contributed by atoms with Gasteiger partial charge in [0.1, 0.15) is 0 Å². The summed E-state index contributed by atoms with van der Waals surface area (Å²) in [6.45, 7) is 2.59. The highest BCUT2D eigenvalue weighted by atomic mass is 16.5. The van der Waals surface area contributed by atoms with E-state index in [4.69, 9.17) is 4.74 Å². The predicted molar refractivity (Wildman–Crippen MR) is 152 cm³/mol. The van der Waals surface area contributed by atoms with Gasteiger partial charge in [-0.25, -0.2) is 4.79 Å². The van der Waals surface area contributed by atoms with Gasteiger partial charge in [-0.1, -0.05) is 97.6 Å². The minimum atomic E-state index is -0.406. The maximum Gasteiger partial charge on any atom is 0.330 e. The third-order valence-electron chi connectivity index (χ3n) is 6.88. The van der Waals surface area contributed by atoms with E-state index in [-0.39, 0.29) is 11.8 Å². The molecule has 1 fully saturated rings. The van der Waals surface area contributed by atoms with Crippen LogP contribution in [0.5, 0.6) is 0 Å². The first-order valence-corrected chi connectivity index (χ1v) is 13.0. The van der Waals surface area contributed by atoms with Gasteiger partial charge in [-0.05, 0) is 60.2 Å². The lowest BCUT2D eigenvalue weighted by Gasteiger charge is -2.30. The molecule has 1 saturated carbocycles. The number of amides is 1. The van der Waals surface area contributed by atoms with Crippen molar-refractivity contribution in [1.82, 2.24) is 0 Å². The number of methoxy groups -OCH3 is 1. The second kappa shape index (κ2) is 12.9. The Labute approximate surface area is 220 Å². The quantitative estimate of drug-likeness (QED) is 0.186. The van der Waals surface area contributed by atoms with Crippen LogP contribution in [0.3, 0.4) is 0 Å². The Morgan fingerprint density at radius 1 is 0.838 bits per heavy atom. The molecule has 0 saturated heterocycles. The van der Waals surface area contributed by atoms with Gasteiger partial charge in [0.2, 0.25) is 5.91 Å². The molecule has 3 aromatic rings. The number of carbonyl (C=O) groups is 2. The van der Waals surface area contributed by atoms with Gasteiger partial charge in [0.15, 0.2) is 0 Å². The zero-order valence-corrected chi connectivity index (χ0v) is 21.7. The van der Waals surface area contributed by atoms with Crippen LogP contribution in [0, 0.1) is 12.8 Å². The monoisotopic (exact) mass is 493 g/mol. The molecule has 0 radical (unpaired) electrons. The number of hydrogen-bond donors (Lipinski definition) is 0. The van der Waals surface area contributed by atoms with Gasteiger partial charge in [-0.2, -0.15) is 0 Å². The number of nitrogens with zero attached hydrogens (tertiary/aromatic N) is 1. The standard InChI is InChI=1S/C33H35NO3/c1-25-11-13-26(14-12-25)15-16-27-17-19-29(20-18-27)24-34(33(36)30-8-4-3-5-9-30)31-10-6-7-28(23-31)21-22-32(35)37-2/h6-7,10-23,30H,3-5,8-9,24H2,1-2H3/b16-15+,22-21+. The van der Waals surface area contributed by atoms with E-state index >= 15 is 0 Å². The van der Waals surface area contributed by atoms with Gasteiger partial charge in [0.05, 0.1) is 13.7 Å². The molecule has 0 spiro atoms. The Balaban J connectivity index is 1.54. The summed E-state index contributed by atoms with van der Waals surface area (Å²) in [5, 5.41) is 0.